The first-order chi connectivity index (χ1) is 11.9. The van der Waals surface area contributed by atoms with Crippen LogP contribution in [0.25, 0.3) is 0 Å². The lowest BCUT2D eigenvalue weighted by Crippen LogP contribution is -2.50. The number of halogens is 3. The van der Waals surface area contributed by atoms with Gasteiger partial charge in [0.1, 0.15) is 0 Å². The fraction of sp³-hybridized carbons (Fsp3) is 0.824. The maximum atomic E-state index is 13.0. The zero-order chi connectivity index (χ0) is 19.3. The van der Waals surface area contributed by atoms with Crippen molar-refractivity contribution in [2.24, 2.45) is 11.3 Å². The van der Waals surface area contributed by atoms with Gasteiger partial charge in [0.05, 0.1) is 11.5 Å². The summed E-state index contributed by atoms with van der Waals surface area (Å²) < 4.78 is 63.3. The number of aromatic nitrogens is 2. The molecule has 1 spiro atoms. The average molecular weight is 393 g/mol. The number of alkyl halides is 3. The van der Waals surface area contributed by atoms with Crippen molar-refractivity contribution in [2.75, 3.05) is 31.1 Å². The van der Waals surface area contributed by atoms with E-state index in [1.807, 2.05) is 20.8 Å². The van der Waals surface area contributed by atoms with Crippen LogP contribution in [-0.4, -0.2) is 54.2 Å². The lowest BCUT2D eigenvalue weighted by Gasteiger charge is -2.37. The molecular weight excluding hydrogens is 367 g/mol. The van der Waals surface area contributed by atoms with Crippen LogP contribution in [0.3, 0.4) is 0 Å². The summed E-state index contributed by atoms with van der Waals surface area (Å²) in [6.07, 6.45) is -3.03. The van der Waals surface area contributed by atoms with E-state index in [2.05, 4.69) is 10.00 Å². The van der Waals surface area contributed by atoms with Crippen LogP contribution in [0.2, 0.25) is 0 Å². The number of hydrogen-bond donors (Lipinski definition) is 0. The molecule has 2 fully saturated rings. The molecule has 0 aliphatic carbocycles. The molecule has 0 aromatic carbocycles. The Labute approximate surface area is 152 Å². The maximum absolute atomic E-state index is 13.0. The highest BCUT2D eigenvalue weighted by Crippen LogP contribution is 2.41. The molecule has 1 aromatic heterocycles. The summed E-state index contributed by atoms with van der Waals surface area (Å²) in [5.41, 5.74) is -0.324. The molecule has 1 aromatic rings. The van der Waals surface area contributed by atoms with Crippen molar-refractivity contribution in [1.29, 1.82) is 0 Å². The molecule has 0 N–H and O–H groups in total. The van der Waals surface area contributed by atoms with Gasteiger partial charge in [0.25, 0.3) is 0 Å². The highest BCUT2D eigenvalue weighted by atomic mass is 32.2. The minimum atomic E-state index is -4.44. The van der Waals surface area contributed by atoms with Gasteiger partial charge in [-0.05, 0) is 45.2 Å². The zero-order valence-corrected chi connectivity index (χ0v) is 16.2. The van der Waals surface area contributed by atoms with E-state index in [0.29, 0.717) is 12.1 Å². The Balaban J connectivity index is 1.62. The van der Waals surface area contributed by atoms with Gasteiger partial charge in [0, 0.05) is 30.2 Å². The van der Waals surface area contributed by atoms with Crippen LogP contribution in [0.5, 0.6) is 0 Å². The van der Waals surface area contributed by atoms with Crippen molar-refractivity contribution in [1.82, 2.24) is 14.7 Å². The lowest BCUT2D eigenvalue weighted by atomic mass is 9.91. The summed E-state index contributed by atoms with van der Waals surface area (Å²) in [7, 11) is -2.84. The summed E-state index contributed by atoms with van der Waals surface area (Å²) in [6, 6.07) is 1.02. The second kappa shape index (κ2) is 6.51. The lowest BCUT2D eigenvalue weighted by molar-refractivity contribution is -0.141. The van der Waals surface area contributed by atoms with Crippen LogP contribution in [0.15, 0.2) is 6.07 Å². The molecule has 3 rings (SSSR count). The molecule has 26 heavy (non-hydrogen) atoms. The second-order valence-electron chi connectivity index (χ2n) is 8.38. The molecule has 0 saturated carbocycles. The van der Waals surface area contributed by atoms with Crippen LogP contribution < -0.4 is 0 Å². The van der Waals surface area contributed by atoms with Gasteiger partial charge in [0.15, 0.2) is 15.5 Å². The molecule has 2 saturated heterocycles. The monoisotopic (exact) mass is 393 g/mol. The van der Waals surface area contributed by atoms with E-state index in [4.69, 9.17) is 0 Å². The Morgan fingerprint density at radius 2 is 1.92 bits per heavy atom. The third kappa shape index (κ3) is 4.08. The summed E-state index contributed by atoms with van der Waals surface area (Å²) in [5.74, 6) is 0.719. The van der Waals surface area contributed by atoms with Gasteiger partial charge >= 0.3 is 6.18 Å². The molecular formula is C17H26F3N3O2S. The highest BCUT2D eigenvalue weighted by Gasteiger charge is 2.51. The first kappa shape index (κ1) is 19.7. The quantitative estimate of drug-likeness (QED) is 0.772. The average Bonchev–Trinajstić information content (AvgIpc) is 3.01. The number of hydrogen-bond acceptors (Lipinski definition) is 4. The van der Waals surface area contributed by atoms with Crippen LogP contribution in [0.4, 0.5) is 13.2 Å². The van der Waals surface area contributed by atoms with Crippen molar-refractivity contribution in [3.05, 3.63) is 17.5 Å². The molecule has 1 atom stereocenters. The van der Waals surface area contributed by atoms with Crippen LogP contribution in [-0.2, 0) is 22.4 Å². The molecule has 0 bridgehead atoms. The van der Waals surface area contributed by atoms with Crippen LogP contribution >= 0.6 is 0 Å². The number of rotatable bonds is 5. The van der Waals surface area contributed by atoms with E-state index in [1.165, 1.54) is 4.68 Å². The Bertz CT molecular complexity index is 759. The third-order valence-electron chi connectivity index (χ3n) is 5.29. The molecule has 5 nitrogen and oxygen atoms in total. The predicted octanol–water partition coefficient (Wildman–Crippen LogP) is 2.78. The van der Waals surface area contributed by atoms with Crippen LogP contribution in [0.1, 0.15) is 44.6 Å². The van der Waals surface area contributed by atoms with Gasteiger partial charge in [-0.3, -0.25) is 4.68 Å². The summed E-state index contributed by atoms with van der Waals surface area (Å²) in [5, 5.41) is 3.74. The number of likely N-dealkylation sites (tertiary alicyclic amines) is 1. The molecule has 2 aliphatic rings. The third-order valence-corrected chi connectivity index (χ3v) is 7.39. The molecule has 1 unspecified atom stereocenters. The van der Waals surface area contributed by atoms with Crippen molar-refractivity contribution < 1.29 is 21.6 Å². The smallest absolute Gasteiger partial charge is 0.302 e. The zero-order valence-electron chi connectivity index (χ0n) is 15.4. The first-order valence-electron chi connectivity index (χ1n) is 8.98. The largest absolute Gasteiger partial charge is 0.435 e. The van der Waals surface area contributed by atoms with E-state index in [1.54, 1.807) is 0 Å². The highest BCUT2D eigenvalue weighted by molar-refractivity contribution is 7.92. The van der Waals surface area contributed by atoms with Gasteiger partial charge < -0.3 is 4.90 Å². The molecule has 2 aliphatic heterocycles. The maximum Gasteiger partial charge on any atom is 0.435 e. The van der Waals surface area contributed by atoms with Crippen molar-refractivity contribution in [3.8, 4) is 0 Å². The fourth-order valence-corrected chi connectivity index (χ4v) is 6.60. The van der Waals surface area contributed by atoms with Crippen molar-refractivity contribution in [2.45, 2.75) is 45.8 Å². The molecule has 3 heterocycles. The standard InChI is InChI=1S/C17H26F3N3O2S/c1-12(2)23-14(7-15(21-23)17(18,19)20)6-13(3)8-22-5-4-16(9-22)10-26(24,25)11-16/h7,12-13H,4-6,8-11H2,1-3H3. The minimum Gasteiger partial charge on any atom is -0.302 e. The summed E-state index contributed by atoms with van der Waals surface area (Å²) in [6.45, 7) is 8.05. The van der Waals surface area contributed by atoms with Crippen LogP contribution in [0, 0.1) is 11.3 Å². The minimum absolute atomic E-state index is 0.0816. The Hall–Kier alpha value is -1.09. The van der Waals surface area contributed by atoms with Crippen molar-refractivity contribution >= 4 is 9.84 Å². The molecule has 0 radical (unpaired) electrons. The van der Waals surface area contributed by atoms with Gasteiger partial charge in [-0.1, -0.05) is 6.92 Å². The fourth-order valence-electron chi connectivity index (χ4n) is 4.34. The van der Waals surface area contributed by atoms with Gasteiger partial charge in [-0.25, -0.2) is 8.42 Å². The second-order valence-corrected chi connectivity index (χ2v) is 10.4. The summed E-state index contributed by atoms with van der Waals surface area (Å²) in [4.78, 5) is 2.25. The SMILES string of the molecule is CC(Cc1cc(C(F)(F)F)nn1C(C)C)CN1CCC2(C1)CS(=O)(=O)C2. The van der Waals surface area contributed by atoms with E-state index < -0.39 is 21.7 Å². The first-order valence-corrected chi connectivity index (χ1v) is 10.8. The normalized spacial score (nSPS) is 23.5. The topological polar surface area (TPSA) is 55.2 Å². The Kier molecular flexibility index (Phi) is 4.92. The molecule has 0 amide bonds. The van der Waals surface area contributed by atoms with E-state index >= 15 is 0 Å². The van der Waals surface area contributed by atoms with Gasteiger partial charge in [-0.15, -0.1) is 0 Å². The van der Waals surface area contributed by atoms with E-state index in [0.717, 1.165) is 32.1 Å². The van der Waals surface area contributed by atoms with E-state index in [-0.39, 0.29) is 28.9 Å². The summed E-state index contributed by atoms with van der Waals surface area (Å²) >= 11 is 0. The Morgan fingerprint density at radius 1 is 1.27 bits per heavy atom. The Morgan fingerprint density at radius 3 is 2.46 bits per heavy atom. The molecule has 9 heteroatoms. The van der Waals surface area contributed by atoms with Gasteiger partial charge in [0.2, 0.25) is 0 Å². The predicted molar refractivity (Wildman–Crippen MR) is 92.6 cm³/mol. The molecule has 148 valence electrons. The van der Waals surface area contributed by atoms with Crippen molar-refractivity contribution in [3.63, 3.8) is 0 Å². The number of nitrogens with zero attached hydrogens (tertiary/aromatic N) is 3. The number of sulfone groups is 1. The van der Waals surface area contributed by atoms with Gasteiger partial charge in [-0.2, -0.15) is 18.3 Å². The van der Waals surface area contributed by atoms with E-state index in [9.17, 15) is 21.6 Å².